The van der Waals surface area contributed by atoms with Crippen molar-refractivity contribution >= 4 is 27.7 Å². The van der Waals surface area contributed by atoms with E-state index in [2.05, 4.69) is 0 Å². The van der Waals surface area contributed by atoms with E-state index in [1.165, 1.54) is 4.31 Å². The second kappa shape index (κ2) is 9.05. The quantitative estimate of drug-likeness (QED) is 0.494. The fourth-order valence-corrected chi connectivity index (χ4v) is 3.88. The summed E-state index contributed by atoms with van der Waals surface area (Å²) < 4.78 is 14.5. The number of fused-ring (bicyclic) bond motifs is 1. The minimum atomic E-state index is -1.64. The Morgan fingerprint density at radius 2 is 1.88 bits per heavy atom. The average molecular weight is 364 g/mol. The van der Waals surface area contributed by atoms with Crippen LogP contribution in [-0.2, 0) is 15.8 Å². The summed E-state index contributed by atoms with van der Waals surface area (Å²) in [4.78, 5) is 12.4. The molecule has 25 heavy (non-hydrogen) atoms. The molecule has 2 aromatic rings. The molecule has 0 aromatic heterocycles. The lowest BCUT2D eigenvalue weighted by Crippen LogP contribution is -2.49. The van der Waals surface area contributed by atoms with Gasteiger partial charge in [-0.25, -0.2) is 14.0 Å². The van der Waals surface area contributed by atoms with Crippen LogP contribution in [0.1, 0.15) is 20.3 Å². The maximum atomic E-state index is 13.1. The Morgan fingerprint density at radius 1 is 1.20 bits per heavy atom. The van der Waals surface area contributed by atoms with E-state index in [4.69, 9.17) is 5.21 Å². The summed E-state index contributed by atoms with van der Waals surface area (Å²) >= 11 is 0. The summed E-state index contributed by atoms with van der Waals surface area (Å²) in [5, 5.41) is 20.5. The van der Waals surface area contributed by atoms with Gasteiger partial charge in [-0.3, -0.25) is 10.0 Å². The van der Waals surface area contributed by atoms with Crippen LogP contribution in [0, 0.1) is 5.92 Å². The molecule has 136 valence electrons. The van der Waals surface area contributed by atoms with Gasteiger partial charge in [0.1, 0.15) is 17.0 Å². The number of hydrogen-bond donors (Lipinski definition) is 3. The van der Waals surface area contributed by atoms with Gasteiger partial charge in [0.2, 0.25) is 0 Å². The molecule has 1 amide bonds. The zero-order valence-electron chi connectivity index (χ0n) is 14.4. The molecule has 0 aliphatic heterocycles. The predicted molar refractivity (Wildman–Crippen MR) is 97.3 cm³/mol. The van der Waals surface area contributed by atoms with E-state index in [0.29, 0.717) is 23.8 Å². The topological polar surface area (TPSA) is 89.9 Å². The molecule has 6 nitrogen and oxygen atoms in total. The maximum absolute atomic E-state index is 13.1. The van der Waals surface area contributed by atoms with Crippen LogP contribution in [0.2, 0.25) is 0 Å². The van der Waals surface area contributed by atoms with Crippen molar-refractivity contribution < 1.29 is 19.3 Å². The first-order valence-corrected chi connectivity index (χ1v) is 9.30. The van der Waals surface area contributed by atoms with Crippen molar-refractivity contribution in [3.63, 3.8) is 0 Å². The Bertz CT molecular complexity index is 751. The van der Waals surface area contributed by atoms with Gasteiger partial charge in [-0.2, -0.15) is 0 Å². The summed E-state index contributed by atoms with van der Waals surface area (Å²) in [6.07, 6.45) is 0.703. The van der Waals surface area contributed by atoms with Crippen molar-refractivity contribution in [2.24, 2.45) is 5.92 Å². The van der Waals surface area contributed by atoms with Crippen LogP contribution in [0.5, 0.6) is 0 Å². The van der Waals surface area contributed by atoms with Gasteiger partial charge in [-0.05, 0) is 35.2 Å². The Morgan fingerprint density at radius 3 is 2.48 bits per heavy atom. The van der Waals surface area contributed by atoms with Crippen LogP contribution in [0.25, 0.3) is 10.8 Å². The molecule has 0 heterocycles. The number of nitrogens with zero attached hydrogens (tertiary/aromatic N) is 1. The third-order valence-electron chi connectivity index (χ3n) is 4.00. The molecule has 7 heteroatoms. The van der Waals surface area contributed by atoms with Crippen LogP contribution < -0.4 is 5.48 Å². The molecule has 0 fully saturated rings. The number of hydroxylamine groups is 1. The van der Waals surface area contributed by atoms with Gasteiger partial charge >= 0.3 is 0 Å². The molecule has 0 aliphatic carbocycles. The summed E-state index contributed by atoms with van der Waals surface area (Å²) in [5.41, 5.74) is 1.55. The van der Waals surface area contributed by atoms with Gasteiger partial charge in [-0.15, -0.1) is 0 Å². The molecule has 0 bridgehead atoms. The minimum absolute atomic E-state index is 0.340. The minimum Gasteiger partial charge on any atom is -0.394 e. The second-order valence-electron chi connectivity index (χ2n) is 6.26. The fraction of sp³-hybridized carbons (Fsp3) is 0.389. The summed E-state index contributed by atoms with van der Waals surface area (Å²) in [7, 11) is -1.64. The van der Waals surface area contributed by atoms with E-state index in [1.807, 2.05) is 50.2 Å². The first-order chi connectivity index (χ1) is 12.0. The first-order valence-electron chi connectivity index (χ1n) is 8.20. The highest BCUT2D eigenvalue weighted by molar-refractivity contribution is 7.82. The molecule has 0 aliphatic rings. The Kier molecular flexibility index (Phi) is 7.07. The van der Waals surface area contributed by atoms with E-state index < -0.39 is 29.5 Å². The number of nitrogens with one attached hydrogen (secondary N) is 1. The smallest absolute Gasteiger partial charge is 0.264 e. The van der Waals surface area contributed by atoms with Crippen molar-refractivity contribution in [2.45, 2.75) is 31.2 Å². The number of carbonyl (C=O) groups is 1. The summed E-state index contributed by atoms with van der Waals surface area (Å²) in [6, 6.07) is 12.1. The zero-order valence-corrected chi connectivity index (χ0v) is 15.2. The van der Waals surface area contributed by atoms with Gasteiger partial charge < -0.3 is 5.11 Å². The van der Waals surface area contributed by atoms with E-state index in [1.54, 1.807) is 11.5 Å². The zero-order chi connectivity index (χ0) is 18.4. The molecule has 2 atom stereocenters. The monoisotopic (exact) mass is 364 g/mol. The van der Waals surface area contributed by atoms with Gasteiger partial charge in [0, 0.05) is 6.54 Å². The van der Waals surface area contributed by atoms with Crippen LogP contribution in [0.4, 0.5) is 0 Å². The molecule has 0 saturated heterocycles. The molecule has 0 spiro atoms. The van der Waals surface area contributed by atoms with Crippen LogP contribution in [0.3, 0.4) is 0 Å². The van der Waals surface area contributed by atoms with Crippen molar-refractivity contribution in [3.05, 3.63) is 42.5 Å². The van der Waals surface area contributed by atoms with E-state index in [-0.39, 0.29) is 0 Å². The number of hydrogen-bond acceptors (Lipinski definition) is 4. The van der Waals surface area contributed by atoms with Crippen molar-refractivity contribution in [2.75, 3.05) is 13.2 Å². The molecule has 3 N–H and O–H groups in total. The summed E-state index contributed by atoms with van der Waals surface area (Å²) in [6.45, 7) is 3.87. The van der Waals surface area contributed by atoms with E-state index in [9.17, 15) is 14.1 Å². The van der Waals surface area contributed by atoms with Gasteiger partial charge in [-0.1, -0.05) is 44.2 Å². The highest BCUT2D eigenvalue weighted by atomic mass is 32.2. The molecule has 2 aromatic carbocycles. The molecule has 0 saturated carbocycles. The average Bonchev–Trinajstić information content (AvgIpc) is 2.63. The first kappa shape index (κ1) is 19.5. The van der Waals surface area contributed by atoms with Crippen molar-refractivity contribution in [1.82, 2.24) is 9.79 Å². The molecule has 1 unspecified atom stereocenters. The molecule has 2 rings (SSSR count). The SMILES string of the molecule is CC(C)CCN([C@H](CO)C(=O)NO)S(=O)c1ccc2ccccc2c1. The number of aliphatic hydroxyl groups excluding tert-OH is 1. The van der Waals surface area contributed by atoms with Crippen LogP contribution in [-0.4, -0.2) is 43.9 Å². The Labute approximate surface area is 150 Å². The third kappa shape index (κ3) is 4.85. The predicted octanol–water partition coefficient (Wildman–Crippen LogP) is 2.08. The largest absolute Gasteiger partial charge is 0.394 e. The van der Waals surface area contributed by atoms with Crippen LogP contribution >= 0.6 is 0 Å². The molecular weight excluding hydrogens is 340 g/mol. The second-order valence-corrected chi connectivity index (χ2v) is 7.69. The summed E-state index contributed by atoms with van der Waals surface area (Å²) in [5.74, 6) is -0.437. The number of benzene rings is 2. The lowest BCUT2D eigenvalue weighted by Gasteiger charge is -2.28. The Hall–Kier alpha value is -1.80. The van der Waals surface area contributed by atoms with Gasteiger partial charge in [0.05, 0.1) is 11.5 Å². The van der Waals surface area contributed by atoms with Crippen molar-refractivity contribution in [1.29, 1.82) is 0 Å². The maximum Gasteiger partial charge on any atom is 0.264 e. The lowest BCUT2D eigenvalue weighted by atomic mass is 10.1. The number of rotatable bonds is 8. The fourth-order valence-electron chi connectivity index (χ4n) is 2.53. The normalized spacial score (nSPS) is 14.0. The molecule has 0 radical (unpaired) electrons. The molecular formula is C18H24N2O4S. The van der Waals surface area contributed by atoms with E-state index >= 15 is 0 Å². The van der Waals surface area contributed by atoms with E-state index in [0.717, 1.165) is 10.8 Å². The highest BCUT2D eigenvalue weighted by Gasteiger charge is 2.30. The standard InChI is InChI=1S/C18H24N2O4S/c1-13(2)9-10-20(17(12-21)18(22)19-23)25(24)16-8-7-14-5-3-4-6-15(14)11-16/h3-8,11,13,17,21,23H,9-10,12H2,1-2H3,(H,19,22)/t17-,25?/m1/s1. The van der Waals surface area contributed by atoms with Gasteiger partial charge in [0.25, 0.3) is 5.91 Å². The number of carbonyl (C=O) groups excluding carboxylic acids is 1. The lowest BCUT2D eigenvalue weighted by molar-refractivity contribution is -0.134. The Balaban J connectivity index is 2.35. The number of aliphatic hydroxyl groups is 1. The number of amides is 1. The highest BCUT2D eigenvalue weighted by Crippen LogP contribution is 2.21. The third-order valence-corrected chi connectivity index (χ3v) is 5.52. The van der Waals surface area contributed by atoms with Gasteiger partial charge in [0.15, 0.2) is 0 Å². The van der Waals surface area contributed by atoms with Crippen LogP contribution in [0.15, 0.2) is 47.4 Å². The van der Waals surface area contributed by atoms with Crippen molar-refractivity contribution in [3.8, 4) is 0 Å².